The third kappa shape index (κ3) is 3.74. The fraction of sp³-hybridized carbons (Fsp3) is 0.133. The molecule has 0 aromatic heterocycles. The van der Waals surface area contributed by atoms with Gasteiger partial charge in [0.2, 0.25) is 0 Å². The zero-order valence-corrected chi connectivity index (χ0v) is 13.3. The smallest absolute Gasteiger partial charge is 0.251 e. The number of hydrogen-bond acceptors (Lipinski definition) is 2. The molecule has 0 heterocycles. The normalized spacial score (nSPS) is 10.2. The molecule has 0 radical (unpaired) electrons. The Morgan fingerprint density at radius 2 is 1.90 bits per heavy atom. The van der Waals surface area contributed by atoms with Crippen LogP contribution >= 0.6 is 27.5 Å². The lowest BCUT2D eigenvalue weighted by atomic mass is 10.1. The van der Waals surface area contributed by atoms with E-state index in [9.17, 15) is 4.79 Å². The predicted octanol–water partition coefficient (Wildman–Crippen LogP) is 4.07. The molecule has 0 aliphatic rings. The van der Waals surface area contributed by atoms with Crippen LogP contribution in [0.25, 0.3) is 0 Å². The first-order valence-corrected chi connectivity index (χ1v) is 7.27. The maximum atomic E-state index is 11.6. The molecule has 0 bridgehead atoms. The van der Waals surface area contributed by atoms with Crippen molar-refractivity contribution >= 4 is 39.1 Å². The first-order valence-electron chi connectivity index (χ1n) is 6.10. The van der Waals surface area contributed by atoms with Crippen LogP contribution in [0.4, 0.5) is 5.69 Å². The number of carbonyl (C=O) groups is 1. The van der Waals surface area contributed by atoms with E-state index in [1.54, 1.807) is 25.2 Å². The van der Waals surface area contributed by atoms with Gasteiger partial charge in [-0.25, -0.2) is 0 Å². The molecule has 104 valence electrons. The Hall–Kier alpha value is -1.52. The summed E-state index contributed by atoms with van der Waals surface area (Å²) >= 11 is 9.53. The van der Waals surface area contributed by atoms with Crippen molar-refractivity contribution in [1.29, 1.82) is 0 Å². The van der Waals surface area contributed by atoms with Gasteiger partial charge < -0.3 is 10.6 Å². The van der Waals surface area contributed by atoms with E-state index in [-0.39, 0.29) is 5.91 Å². The lowest BCUT2D eigenvalue weighted by Crippen LogP contribution is -2.17. The Kier molecular flexibility index (Phi) is 5.04. The van der Waals surface area contributed by atoms with E-state index < -0.39 is 0 Å². The molecule has 20 heavy (non-hydrogen) atoms. The Morgan fingerprint density at radius 3 is 2.55 bits per heavy atom. The highest BCUT2D eigenvalue weighted by Crippen LogP contribution is 2.24. The van der Waals surface area contributed by atoms with Crippen molar-refractivity contribution in [2.45, 2.75) is 6.54 Å². The van der Waals surface area contributed by atoms with Gasteiger partial charge in [0.1, 0.15) is 0 Å². The van der Waals surface area contributed by atoms with E-state index in [0.717, 1.165) is 15.7 Å². The minimum atomic E-state index is -0.131. The highest BCUT2D eigenvalue weighted by Gasteiger charge is 2.07. The topological polar surface area (TPSA) is 41.1 Å². The number of carbonyl (C=O) groups excluding carboxylic acids is 1. The number of amides is 1. The molecule has 0 aliphatic carbocycles. The molecule has 0 saturated carbocycles. The van der Waals surface area contributed by atoms with E-state index in [4.69, 9.17) is 11.6 Å². The van der Waals surface area contributed by atoms with Crippen molar-refractivity contribution in [3.8, 4) is 0 Å². The zero-order valence-electron chi connectivity index (χ0n) is 10.9. The molecule has 0 atom stereocenters. The summed E-state index contributed by atoms with van der Waals surface area (Å²) in [5, 5.41) is 6.43. The molecule has 2 N–H and O–H groups in total. The summed E-state index contributed by atoms with van der Waals surface area (Å²) in [6.07, 6.45) is 0. The van der Waals surface area contributed by atoms with Crippen LogP contribution < -0.4 is 10.6 Å². The summed E-state index contributed by atoms with van der Waals surface area (Å²) in [5.41, 5.74) is 2.46. The molecule has 2 aromatic rings. The first kappa shape index (κ1) is 14.9. The minimum absolute atomic E-state index is 0.131. The minimum Gasteiger partial charge on any atom is -0.380 e. The molecule has 2 aromatic carbocycles. The van der Waals surface area contributed by atoms with Crippen LogP contribution in [0.1, 0.15) is 15.9 Å². The number of rotatable bonds is 4. The van der Waals surface area contributed by atoms with Gasteiger partial charge >= 0.3 is 0 Å². The molecule has 0 aliphatic heterocycles. The van der Waals surface area contributed by atoms with Crippen molar-refractivity contribution in [3.63, 3.8) is 0 Å². The van der Waals surface area contributed by atoms with E-state index >= 15 is 0 Å². The SMILES string of the molecule is CNC(=O)c1ccc(Cl)c(NCc2ccc(Br)cc2)c1. The van der Waals surface area contributed by atoms with Crippen LogP contribution in [0.5, 0.6) is 0 Å². The van der Waals surface area contributed by atoms with E-state index in [2.05, 4.69) is 26.6 Å². The monoisotopic (exact) mass is 352 g/mol. The van der Waals surface area contributed by atoms with Gasteiger partial charge in [-0.3, -0.25) is 4.79 Å². The molecule has 0 fully saturated rings. The van der Waals surface area contributed by atoms with Crippen molar-refractivity contribution < 1.29 is 4.79 Å². The predicted molar refractivity (Wildman–Crippen MR) is 86.3 cm³/mol. The van der Waals surface area contributed by atoms with Crippen LogP contribution in [-0.2, 0) is 6.54 Å². The van der Waals surface area contributed by atoms with Crippen molar-refractivity contribution in [1.82, 2.24) is 5.32 Å². The van der Waals surface area contributed by atoms with Gasteiger partial charge in [0.05, 0.1) is 10.7 Å². The molecule has 0 saturated heterocycles. The maximum Gasteiger partial charge on any atom is 0.251 e. The lowest BCUT2D eigenvalue weighted by molar-refractivity contribution is 0.0963. The number of halogens is 2. The molecule has 0 spiro atoms. The zero-order chi connectivity index (χ0) is 14.5. The van der Waals surface area contributed by atoms with Gasteiger partial charge in [0.25, 0.3) is 5.91 Å². The van der Waals surface area contributed by atoms with Crippen LogP contribution in [0.2, 0.25) is 5.02 Å². The van der Waals surface area contributed by atoms with E-state index in [0.29, 0.717) is 17.1 Å². The van der Waals surface area contributed by atoms with Gasteiger partial charge in [0, 0.05) is 23.6 Å². The second-order valence-electron chi connectivity index (χ2n) is 4.25. The van der Waals surface area contributed by atoms with Crippen molar-refractivity contribution in [2.75, 3.05) is 12.4 Å². The fourth-order valence-corrected chi connectivity index (χ4v) is 2.19. The third-order valence-corrected chi connectivity index (χ3v) is 3.71. The van der Waals surface area contributed by atoms with Crippen molar-refractivity contribution in [2.24, 2.45) is 0 Å². The average Bonchev–Trinajstić information content (AvgIpc) is 2.47. The summed E-state index contributed by atoms with van der Waals surface area (Å²) in [5.74, 6) is -0.131. The lowest BCUT2D eigenvalue weighted by Gasteiger charge is -2.10. The average molecular weight is 354 g/mol. The van der Waals surface area contributed by atoms with Gasteiger partial charge in [0.15, 0.2) is 0 Å². The third-order valence-electron chi connectivity index (χ3n) is 2.85. The van der Waals surface area contributed by atoms with Crippen molar-refractivity contribution in [3.05, 3.63) is 63.1 Å². The standard InChI is InChI=1S/C15H14BrClN2O/c1-18-15(20)11-4-7-13(17)14(8-11)19-9-10-2-5-12(16)6-3-10/h2-8,19H,9H2,1H3,(H,18,20). The Labute approximate surface area is 131 Å². The van der Waals surface area contributed by atoms with Gasteiger partial charge in [-0.15, -0.1) is 0 Å². The summed E-state index contributed by atoms with van der Waals surface area (Å²) in [7, 11) is 1.60. The Bertz CT molecular complexity index is 614. The molecular weight excluding hydrogens is 340 g/mol. The number of nitrogens with one attached hydrogen (secondary N) is 2. The van der Waals surface area contributed by atoms with E-state index in [1.807, 2.05) is 24.3 Å². The number of anilines is 1. The van der Waals surface area contributed by atoms with Crippen LogP contribution in [0.3, 0.4) is 0 Å². The molecule has 0 unspecified atom stereocenters. The molecule has 2 rings (SSSR count). The second-order valence-corrected chi connectivity index (χ2v) is 5.58. The first-order chi connectivity index (χ1) is 9.60. The van der Waals surface area contributed by atoms with Gasteiger partial charge in [-0.2, -0.15) is 0 Å². The van der Waals surface area contributed by atoms with Crippen LogP contribution in [0.15, 0.2) is 46.9 Å². The highest BCUT2D eigenvalue weighted by molar-refractivity contribution is 9.10. The number of hydrogen-bond donors (Lipinski definition) is 2. The largest absolute Gasteiger partial charge is 0.380 e. The molecule has 3 nitrogen and oxygen atoms in total. The summed E-state index contributed by atoms with van der Waals surface area (Å²) in [6.45, 7) is 0.643. The van der Waals surface area contributed by atoms with E-state index in [1.165, 1.54) is 0 Å². The fourth-order valence-electron chi connectivity index (χ4n) is 1.75. The quantitative estimate of drug-likeness (QED) is 0.870. The highest BCUT2D eigenvalue weighted by atomic mass is 79.9. The summed E-state index contributed by atoms with van der Waals surface area (Å²) < 4.78 is 1.04. The molecule has 1 amide bonds. The molecule has 5 heteroatoms. The maximum absolute atomic E-state index is 11.6. The Morgan fingerprint density at radius 1 is 1.20 bits per heavy atom. The summed E-state index contributed by atoms with van der Waals surface area (Å²) in [6, 6.07) is 13.2. The second kappa shape index (κ2) is 6.77. The van der Waals surface area contributed by atoms with Gasteiger partial charge in [-0.1, -0.05) is 39.7 Å². The Balaban J connectivity index is 2.12. The molecular formula is C15H14BrClN2O. The van der Waals surface area contributed by atoms with Crippen LogP contribution in [-0.4, -0.2) is 13.0 Å². The number of benzene rings is 2. The van der Waals surface area contributed by atoms with Gasteiger partial charge in [-0.05, 0) is 35.9 Å². The summed E-state index contributed by atoms with van der Waals surface area (Å²) in [4.78, 5) is 11.6. The van der Waals surface area contributed by atoms with Crippen LogP contribution in [0, 0.1) is 0 Å².